The maximum Gasteiger partial charge on any atom is 0.281 e. The average Bonchev–Trinajstić information content (AvgIpc) is 3.14. The summed E-state index contributed by atoms with van der Waals surface area (Å²) in [7, 11) is 0. The lowest BCUT2D eigenvalue weighted by molar-refractivity contribution is 1.03. The monoisotopic (exact) mass is 385 g/mol. The molecule has 0 amide bonds. The summed E-state index contributed by atoms with van der Waals surface area (Å²) in [6.07, 6.45) is 0.634. The van der Waals surface area contributed by atoms with Gasteiger partial charge in [-0.3, -0.25) is 9.36 Å². The van der Waals surface area contributed by atoms with E-state index >= 15 is 0 Å². The van der Waals surface area contributed by atoms with Crippen molar-refractivity contribution in [2.24, 2.45) is 0 Å². The summed E-state index contributed by atoms with van der Waals surface area (Å²) in [5.41, 5.74) is 3.72. The lowest BCUT2D eigenvalue weighted by Gasteiger charge is -2.11. The van der Waals surface area contributed by atoms with Crippen molar-refractivity contribution < 1.29 is 0 Å². The lowest BCUT2D eigenvalue weighted by Crippen LogP contribution is -2.19. The highest BCUT2D eigenvalue weighted by Gasteiger charge is 2.16. The molecule has 4 nitrogen and oxygen atoms in total. The molecule has 2 heterocycles. The van der Waals surface area contributed by atoms with Gasteiger partial charge in [-0.2, -0.15) is 0 Å². The number of para-hydroxylation sites is 1. The number of fused-ring (bicyclic) bond motifs is 3. The van der Waals surface area contributed by atoms with E-state index in [2.05, 4.69) is 4.98 Å². The zero-order valence-corrected chi connectivity index (χ0v) is 15.6. The van der Waals surface area contributed by atoms with E-state index in [0.29, 0.717) is 22.5 Å². The van der Waals surface area contributed by atoms with E-state index in [1.165, 1.54) is 0 Å². The fourth-order valence-corrected chi connectivity index (χ4v) is 3.76. The number of halogens is 1. The Kier molecular flexibility index (Phi) is 3.99. The first kappa shape index (κ1) is 16.8. The predicted octanol–water partition coefficient (Wildman–Crippen LogP) is 5.11. The first-order valence-corrected chi connectivity index (χ1v) is 9.41. The van der Waals surface area contributed by atoms with Gasteiger partial charge in [0.1, 0.15) is 16.9 Å². The van der Waals surface area contributed by atoms with Gasteiger partial charge < -0.3 is 4.98 Å². The minimum atomic E-state index is -0.136. The van der Waals surface area contributed by atoms with Crippen LogP contribution in [0.1, 0.15) is 11.4 Å². The first-order valence-electron chi connectivity index (χ1n) is 9.03. The Morgan fingerprint density at radius 2 is 1.64 bits per heavy atom. The first-order chi connectivity index (χ1) is 13.7. The van der Waals surface area contributed by atoms with Gasteiger partial charge in [0.25, 0.3) is 5.56 Å². The van der Waals surface area contributed by atoms with Gasteiger partial charge in [-0.25, -0.2) is 4.98 Å². The fourth-order valence-electron chi connectivity index (χ4n) is 3.59. The van der Waals surface area contributed by atoms with Gasteiger partial charge in [-0.05, 0) is 35.9 Å². The molecule has 2 aromatic heterocycles. The number of aromatic nitrogens is 3. The minimum absolute atomic E-state index is 0.136. The molecule has 0 radical (unpaired) electrons. The summed E-state index contributed by atoms with van der Waals surface area (Å²) >= 11 is 6.25. The van der Waals surface area contributed by atoms with Crippen LogP contribution < -0.4 is 5.56 Å². The van der Waals surface area contributed by atoms with Crippen LogP contribution >= 0.6 is 11.6 Å². The number of hydrogen-bond donors (Lipinski definition) is 1. The second-order valence-electron chi connectivity index (χ2n) is 6.71. The highest BCUT2D eigenvalue weighted by Crippen LogP contribution is 2.26. The fraction of sp³-hybridized carbons (Fsp3) is 0.0435. The van der Waals surface area contributed by atoms with Gasteiger partial charge in [-0.15, -0.1) is 0 Å². The summed E-state index contributed by atoms with van der Waals surface area (Å²) in [5.74, 6) is 0.764. The highest BCUT2D eigenvalue weighted by atomic mass is 35.5. The van der Waals surface area contributed by atoms with Crippen molar-refractivity contribution in [3.05, 3.63) is 106 Å². The van der Waals surface area contributed by atoms with Crippen LogP contribution in [0.5, 0.6) is 0 Å². The third kappa shape index (κ3) is 2.79. The van der Waals surface area contributed by atoms with Crippen LogP contribution in [0.4, 0.5) is 0 Å². The molecule has 0 atom stereocenters. The van der Waals surface area contributed by atoms with Crippen molar-refractivity contribution in [3.63, 3.8) is 0 Å². The van der Waals surface area contributed by atoms with Crippen molar-refractivity contribution in [2.45, 2.75) is 6.42 Å². The Hall–Kier alpha value is -3.37. The van der Waals surface area contributed by atoms with Gasteiger partial charge >= 0.3 is 0 Å². The smallest absolute Gasteiger partial charge is 0.281 e. The molecule has 28 heavy (non-hydrogen) atoms. The molecule has 0 unspecified atom stereocenters. The molecule has 136 valence electrons. The average molecular weight is 386 g/mol. The van der Waals surface area contributed by atoms with Crippen LogP contribution in [0, 0.1) is 0 Å². The van der Waals surface area contributed by atoms with E-state index in [9.17, 15) is 4.79 Å². The summed E-state index contributed by atoms with van der Waals surface area (Å²) in [6.45, 7) is 0. The number of benzene rings is 3. The van der Waals surface area contributed by atoms with Crippen molar-refractivity contribution in [1.29, 1.82) is 0 Å². The van der Waals surface area contributed by atoms with Crippen LogP contribution in [0.25, 0.3) is 27.6 Å². The molecule has 0 saturated carbocycles. The number of rotatable bonds is 3. The molecule has 0 spiro atoms. The normalized spacial score (nSPS) is 11.3. The summed E-state index contributed by atoms with van der Waals surface area (Å²) in [4.78, 5) is 21.4. The number of nitrogens with one attached hydrogen (secondary N) is 1. The number of H-pyrrole nitrogens is 1. The van der Waals surface area contributed by atoms with Crippen molar-refractivity contribution in [1.82, 2.24) is 14.5 Å². The van der Waals surface area contributed by atoms with Gasteiger partial charge in [-0.1, -0.05) is 60.1 Å². The van der Waals surface area contributed by atoms with Crippen LogP contribution in [-0.2, 0) is 6.42 Å². The number of nitrogens with zero attached hydrogens (tertiary/aromatic N) is 2. The molecular weight excluding hydrogens is 370 g/mol. The van der Waals surface area contributed by atoms with E-state index in [0.717, 1.165) is 28.0 Å². The predicted molar refractivity (Wildman–Crippen MR) is 113 cm³/mol. The minimum Gasteiger partial charge on any atom is -0.337 e. The molecule has 0 bridgehead atoms. The van der Waals surface area contributed by atoms with E-state index < -0.39 is 0 Å². The zero-order chi connectivity index (χ0) is 19.1. The van der Waals surface area contributed by atoms with E-state index in [1.54, 1.807) is 4.57 Å². The number of hydrogen-bond acceptors (Lipinski definition) is 2. The molecule has 3 aromatic carbocycles. The molecule has 0 aliphatic rings. The number of pyridine rings is 1. The van der Waals surface area contributed by atoms with Gasteiger partial charge in [0.2, 0.25) is 0 Å². The van der Waals surface area contributed by atoms with Crippen molar-refractivity contribution >= 4 is 33.5 Å². The Balaban J connectivity index is 1.81. The maximum atomic E-state index is 13.4. The number of aromatic amines is 1. The highest BCUT2D eigenvalue weighted by molar-refractivity contribution is 6.31. The Labute approximate surface area is 166 Å². The standard InChI is InChI=1S/C23H16ClN3O/c24-16-11-12-18-19(14-16)27(17-9-5-2-6-10-17)23(28)22-21(18)25-20(26-22)13-15-7-3-1-4-8-15/h1-12,14H,13H2,(H,25,26). The zero-order valence-electron chi connectivity index (χ0n) is 14.9. The van der Waals surface area contributed by atoms with Gasteiger partial charge in [0.15, 0.2) is 0 Å². The largest absolute Gasteiger partial charge is 0.337 e. The molecule has 0 saturated heterocycles. The second kappa shape index (κ2) is 6.66. The van der Waals surface area contributed by atoms with Gasteiger partial charge in [0.05, 0.1) is 5.52 Å². The van der Waals surface area contributed by atoms with Crippen LogP contribution in [0.2, 0.25) is 5.02 Å². The third-order valence-corrected chi connectivity index (χ3v) is 5.09. The molecular formula is C23H16ClN3O. The van der Waals surface area contributed by atoms with Crippen molar-refractivity contribution in [2.75, 3.05) is 0 Å². The third-order valence-electron chi connectivity index (χ3n) is 4.85. The summed E-state index contributed by atoms with van der Waals surface area (Å²) in [5, 5.41) is 1.47. The van der Waals surface area contributed by atoms with E-state index in [-0.39, 0.29) is 5.56 Å². The van der Waals surface area contributed by atoms with Gasteiger partial charge in [0, 0.05) is 22.5 Å². The molecule has 5 rings (SSSR count). The lowest BCUT2D eigenvalue weighted by atomic mass is 10.1. The van der Waals surface area contributed by atoms with E-state index in [1.807, 2.05) is 78.9 Å². The molecule has 0 aliphatic heterocycles. The Morgan fingerprint density at radius 1 is 0.929 bits per heavy atom. The molecule has 1 N–H and O–H groups in total. The molecule has 0 aliphatic carbocycles. The summed E-state index contributed by atoms with van der Waals surface area (Å²) < 4.78 is 1.69. The van der Waals surface area contributed by atoms with Crippen LogP contribution in [-0.4, -0.2) is 14.5 Å². The molecule has 5 aromatic rings. The van der Waals surface area contributed by atoms with E-state index in [4.69, 9.17) is 16.6 Å². The Bertz CT molecular complexity index is 1360. The maximum absolute atomic E-state index is 13.4. The summed E-state index contributed by atoms with van der Waals surface area (Å²) in [6, 6.07) is 25.2. The number of imidazole rings is 1. The van der Waals surface area contributed by atoms with Crippen molar-refractivity contribution in [3.8, 4) is 5.69 Å². The Morgan fingerprint density at radius 3 is 2.39 bits per heavy atom. The second-order valence-corrected chi connectivity index (χ2v) is 7.14. The quantitative estimate of drug-likeness (QED) is 0.469. The molecule has 0 fully saturated rings. The molecule has 5 heteroatoms. The SMILES string of the molecule is O=c1c2[nH]c(Cc3ccccc3)nc2c2ccc(Cl)cc2n1-c1ccccc1. The van der Waals surface area contributed by atoms with Crippen LogP contribution in [0.3, 0.4) is 0 Å². The van der Waals surface area contributed by atoms with Crippen LogP contribution in [0.15, 0.2) is 83.7 Å². The topological polar surface area (TPSA) is 50.7 Å².